The highest BCUT2D eigenvalue weighted by molar-refractivity contribution is 8.23. The zero-order chi connectivity index (χ0) is 14.5. The summed E-state index contributed by atoms with van der Waals surface area (Å²) >= 11 is 4.99. The number of allylic oxidation sites excluding steroid dienone is 1. The first kappa shape index (κ1) is 15.6. The maximum absolute atomic E-state index is 11.3. The second kappa shape index (κ2) is 7.29. The van der Waals surface area contributed by atoms with E-state index < -0.39 is 0 Å². The van der Waals surface area contributed by atoms with E-state index in [1.807, 2.05) is 35.7 Å². The van der Waals surface area contributed by atoms with E-state index in [2.05, 4.69) is 25.6 Å². The average Bonchev–Trinajstić information content (AvgIpc) is 2.86. The Kier molecular flexibility index (Phi) is 5.69. The Balaban J connectivity index is 1.98. The standard InChI is InChI=1S/C15H16O2S3/c1-4-14(16)18-9-13-10(2)19-15(20-13)11-5-7-12(17-3)8-6-11/h4-8,15H,1,9H2,2-3H3. The second-order valence-electron chi connectivity index (χ2n) is 4.13. The van der Waals surface area contributed by atoms with Gasteiger partial charge in [0.2, 0.25) is 5.12 Å². The number of thioether (sulfide) groups is 3. The molecule has 1 heterocycles. The molecule has 1 atom stereocenters. The van der Waals surface area contributed by atoms with Gasteiger partial charge in [-0.1, -0.05) is 30.5 Å². The molecule has 0 saturated carbocycles. The molecule has 0 aliphatic carbocycles. The highest BCUT2D eigenvalue weighted by Gasteiger charge is 2.25. The first-order chi connectivity index (χ1) is 9.63. The van der Waals surface area contributed by atoms with Crippen LogP contribution in [0, 0.1) is 0 Å². The van der Waals surface area contributed by atoms with E-state index in [0.717, 1.165) is 11.5 Å². The average molecular weight is 324 g/mol. The minimum atomic E-state index is 0.0313. The molecule has 2 rings (SSSR count). The predicted molar refractivity (Wildman–Crippen MR) is 91.3 cm³/mol. The summed E-state index contributed by atoms with van der Waals surface area (Å²) in [6.07, 6.45) is 1.37. The molecule has 1 unspecified atom stereocenters. The van der Waals surface area contributed by atoms with Crippen LogP contribution in [0.2, 0.25) is 0 Å². The number of carbonyl (C=O) groups excluding carboxylic acids is 1. The van der Waals surface area contributed by atoms with E-state index in [0.29, 0.717) is 4.58 Å². The minimum Gasteiger partial charge on any atom is -0.497 e. The van der Waals surface area contributed by atoms with Crippen molar-refractivity contribution in [2.24, 2.45) is 0 Å². The van der Waals surface area contributed by atoms with Crippen molar-refractivity contribution >= 4 is 40.4 Å². The summed E-state index contributed by atoms with van der Waals surface area (Å²) in [5.41, 5.74) is 1.27. The number of carbonyl (C=O) groups is 1. The van der Waals surface area contributed by atoms with Crippen molar-refractivity contribution in [3.63, 3.8) is 0 Å². The van der Waals surface area contributed by atoms with Gasteiger partial charge in [0.05, 0.1) is 11.7 Å². The topological polar surface area (TPSA) is 26.3 Å². The molecule has 5 heteroatoms. The van der Waals surface area contributed by atoms with Gasteiger partial charge < -0.3 is 4.74 Å². The molecule has 106 valence electrons. The Labute approximate surface area is 132 Å². The summed E-state index contributed by atoms with van der Waals surface area (Å²) in [6.45, 7) is 5.61. The van der Waals surface area contributed by atoms with E-state index in [1.165, 1.54) is 33.2 Å². The first-order valence-electron chi connectivity index (χ1n) is 6.10. The Morgan fingerprint density at radius 2 is 2.10 bits per heavy atom. The van der Waals surface area contributed by atoms with Crippen LogP contribution in [-0.4, -0.2) is 18.0 Å². The van der Waals surface area contributed by atoms with Gasteiger partial charge in [-0.3, -0.25) is 4.79 Å². The van der Waals surface area contributed by atoms with Crippen LogP contribution in [0.3, 0.4) is 0 Å². The van der Waals surface area contributed by atoms with Gasteiger partial charge in [0.15, 0.2) is 0 Å². The van der Waals surface area contributed by atoms with Gasteiger partial charge in [0.25, 0.3) is 0 Å². The Morgan fingerprint density at radius 3 is 2.70 bits per heavy atom. The quantitative estimate of drug-likeness (QED) is 0.721. The number of ether oxygens (including phenoxy) is 1. The van der Waals surface area contributed by atoms with E-state index in [1.54, 1.807) is 7.11 Å². The minimum absolute atomic E-state index is 0.0313. The summed E-state index contributed by atoms with van der Waals surface area (Å²) < 4.78 is 5.55. The zero-order valence-corrected chi connectivity index (χ0v) is 13.9. The van der Waals surface area contributed by atoms with Crippen molar-refractivity contribution < 1.29 is 9.53 Å². The monoisotopic (exact) mass is 324 g/mol. The van der Waals surface area contributed by atoms with Crippen LogP contribution in [0.25, 0.3) is 0 Å². The summed E-state index contributed by atoms with van der Waals surface area (Å²) in [5.74, 6) is 1.61. The maximum atomic E-state index is 11.3. The van der Waals surface area contributed by atoms with Crippen LogP contribution in [0.15, 0.2) is 46.7 Å². The normalized spacial score (nSPS) is 18.2. The summed E-state index contributed by atoms with van der Waals surface area (Å²) in [5, 5.41) is 0.0313. The number of benzene rings is 1. The Bertz CT molecular complexity index is 535. The molecule has 0 saturated heterocycles. The second-order valence-corrected chi connectivity index (χ2v) is 7.93. The van der Waals surface area contributed by atoms with Gasteiger partial charge in [-0.2, -0.15) is 0 Å². The number of hydrogen-bond acceptors (Lipinski definition) is 5. The van der Waals surface area contributed by atoms with Gasteiger partial charge in [0, 0.05) is 10.7 Å². The molecule has 1 aromatic rings. The molecule has 0 fully saturated rings. The van der Waals surface area contributed by atoms with Gasteiger partial charge >= 0.3 is 0 Å². The number of methoxy groups -OCH3 is 1. The van der Waals surface area contributed by atoms with Gasteiger partial charge in [0.1, 0.15) is 5.75 Å². The molecule has 0 aromatic heterocycles. The van der Waals surface area contributed by atoms with Crippen molar-refractivity contribution in [3.05, 3.63) is 52.3 Å². The molecule has 0 bridgehead atoms. The summed E-state index contributed by atoms with van der Waals surface area (Å²) in [4.78, 5) is 13.9. The van der Waals surface area contributed by atoms with E-state index >= 15 is 0 Å². The van der Waals surface area contributed by atoms with E-state index in [9.17, 15) is 4.79 Å². The molecule has 20 heavy (non-hydrogen) atoms. The molecule has 0 N–H and O–H groups in total. The molecule has 1 aromatic carbocycles. The highest BCUT2D eigenvalue weighted by atomic mass is 32.2. The molecule has 1 aliphatic heterocycles. The van der Waals surface area contributed by atoms with Gasteiger partial charge in [-0.25, -0.2) is 0 Å². The SMILES string of the molecule is C=CC(=O)SCC1=C(C)SC(c2ccc(OC)cc2)S1. The summed E-state index contributed by atoms with van der Waals surface area (Å²) in [7, 11) is 1.67. The lowest BCUT2D eigenvalue weighted by Gasteiger charge is -2.10. The van der Waals surface area contributed by atoms with Crippen LogP contribution < -0.4 is 4.74 Å². The third-order valence-corrected chi connectivity index (χ3v) is 6.91. The van der Waals surface area contributed by atoms with Crippen molar-refractivity contribution in [2.45, 2.75) is 11.5 Å². The molecular weight excluding hydrogens is 308 g/mol. The molecule has 0 amide bonds. The maximum Gasteiger partial charge on any atom is 0.211 e. The van der Waals surface area contributed by atoms with Crippen LogP contribution in [0.1, 0.15) is 17.1 Å². The van der Waals surface area contributed by atoms with Crippen LogP contribution in [-0.2, 0) is 4.79 Å². The molecule has 1 aliphatic rings. The van der Waals surface area contributed by atoms with Crippen LogP contribution in [0.4, 0.5) is 0 Å². The van der Waals surface area contributed by atoms with Crippen molar-refractivity contribution in [3.8, 4) is 5.75 Å². The predicted octanol–water partition coefficient (Wildman–Crippen LogP) is 4.85. The van der Waals surface area contributed by atoms with Gasteiger partial charge in [-0.05, 0) is 35.6 Å². The molecule has 2 nitrogen and oxygen atoms in total. The fraction of sp³-hybridized carbons (Fsp3) is 0.267. The van der Waals surface area contributed by atoms with Gasteiger partial charge in [-0.15, -0.1) is 23.5 Å². The third-order valence-electron chi connectivity index (χ3n) is 2.83. The number of hydrogen-bond donors (Lipinski definition) is 0. The van der Waals surface area contributed by atoms with E-state index in [4.69, 9.17) is 4.74 Å². The lowest BCUT2D eigenvalue weighted by atomic mass is 10.2. The Hall–Kier alpha value is -0.780. The van der Waals surface area contributed by atoms with Crippen LogP contribution >= 0.6 is 35.3 Å². The van der Waals surface area contributed by atoms with E-state index in [-0.39, 0.29) is 5.12 Å². The first-order valence-corrected chi connectivity index (χ1v) is 8.84. The van der Waals surface area contributed by atoms with Crippen molar-refractivity contribution in [2.75, 3.05) is 12.9 Å². The fourth-order valence-corrected chi connectivity index (χ4v) is 5.64. The largest absolute Gasteiger partial charge is 0.497 e. The summed E-state index contributed by atoms with van der Waals surface area (Å²) in [6, 6.07) is 8.17. The molecular formula is C15H16O2S3. The smallest absolute Gasteiger partial charge is 0.211 e. The number of rotatable bonds is 5. The zero-order valence-electron chi connectivity index (χ0n) is 11.4. The fourth-order valence-electron chi connectivity index (χ4n) is 1.69. The lowest BCUT2D eigenvalue weighted by Crippen LogP contribution is -1.90. The third kappa shape index (κ3) is 3.87. The Morgan fingerprint density at radius 1 is 1.40 bits per heavy atom. The lowest BCUT2D eigenvalue weighted by molar-refractivity contribution is -0.107. The molecule has 0 spiro atoms. The van der Waals surface area contributed by atoms with Crippen LogP contribution in [0.5, 0.6) is 5.75 Å². The highest BCUT2D eigenvalue weighted by Crippen LogP contribution is 2.55. The van der Waals surface area contributed by atoms with Crippen molar-refractivity contribution in [1.82, 2.24) is 0 Å². The van der Waals surface area contributed by atoms with Crippen molar-refractivity contribution in [1.29, 1.82) is 0 Å². The molecule has 0 radical (unpaired) electrons.